The molecule has 27 heavy (non-hydrogen) atoms. The van der Waals surface area contributed by atoms with E-state index in [-0.39, 0.29) is 23.4 Å². The molecule has 1 aromatic rings. The zero-order chi connectivity index (χ0) is 20.4. The number of benzene rings is 1. The molecule has 7 heteroatoms. The molecule has 1 aliphatic rings. The van der Waals surface area contributed by atoms with Gasteiger partial charge in [-0.15, -0.1) is 0 Å². The highest BCUT2D eigenvalue weighted by Gasteiger charge is 2.32. The van der Waals surface area contributed by atoms with Crippen LogP contribution in [0, 0.1) is 0 Å². The second-order valence-corrected chi connectivity index (χ2v) is 10.5. The van der Waals surface area contributed by atoms with Crippen molar-refractivity contribution < 1.29 is 13.2 Å². The molecule has 1 fully saturated rings. The first-order valence-corrected chi connectivity index (χ1v) is 11.0. The number of nitrogens with zero attached hydrogens (tertiary/aromatic N) is 2. The Morgan fingerprint density at radius 1 is 1.00 bits per heavy atom. The van der Waals surface area contributed by atoms with Crippen LogP contribution in [-0.4, -0.2) is 61.8 Å². The summed E-state index contributed by atoms with van der Waals surface area (Å²) >= 11 is 0. The van der Waals surface area contributed by atoms with Crippen molar-refractivity contribution in [2.75, 3.05) is 26.2 Å². The van der Waals surface area contributed by atoms with Crippen molar-refractivity contribution in [2.24, 2.45) is 0 Å². The van der Waals surface area contributed by atoms with Gasteiger partial charge >= 0.3 is 0 Å². The first kappa shape index (κ1) is 21.9. The minimum absolute atomic E-state index is 0.0133. The quantitative estimate of drug-likeness (QED) is 0.830. The molecule has 0 saturated carbocycles. The van der Waals surface area contributed by atoms with Gasteiger partial charge in [-0.1, -0.05) is 32.9 Å². The SMILES string of the molecule is CC(C)NC(=O)C(C)N1CCN(S(=O)(=O)c2ccc(C(C)(C)C)cc2)CC1. The van der Waals surface area contributed by atoms with Gasteiger partial charge in [0.05, 0.1) is 10.9 Å². The fourth-order valence-corrected chi connectivity index (χ4v) is 4.60. The van der Waals surface area contributed by atoms with Gasteiger partial charge < -0.3 is 5.32 Å². The largest absolute Gasteiger partial charge is 0.353 e. The van der Waals surface area contributed by atoms with Crippen LogP contribution >= 0.6 is 0 Å². The van der Waals surface area contributed by atoms with Crippen molar-refractivity contribution in [2.45, 2.75) is 63.9 Å². The van der Waals surface area contributed by atoms with E-state index in [0.29, 0.717) is 31.1 Å². The third-order valence-corrected chi connectivity index (χ3v) is 6.90. The minimum atomic E-state index is -3.51. The molecule has 152 valence electrons. The van der Waals surface area contributed by atoms with Crippen LogP contribution in [0.1, 0.15) is 47.1 Å². The van der Waals surface area contributed by atoms with Gasteiger partial charge in [0, 0.05) is 32.2 Å². The molecule has 6 nitrogen and oxygen atoms in total. The van der Waals surface area contributed by atoms with E-state index >= 15 is 0 Å². The lowest BCUT2D eigenvalue weighted by atomic mass is 9.87. The summed E-state index contributed by atoms with van der Waals surface area (Å²) in [6.07, 6.45) is 0. The zero-order valence-electron chi connectivity index (χ0n) is 17.3. The summed E-state index contributed by atoms with van der Waals surface area (Å²) in [5.74, 6) is -0.0147. The van der Waals surface area contributed by atoms with Gasteiger partial charge in [-0.05, 0) is 43.9 Å². The molecule has 1 aliphatic heterocycles. The van der Waals surface area contributed by atoms with Crippen molar-refractivity contribution in [3.05, 3.63) is 29.8 Å². The summed E-state index contributed by atoms with van der Waals surface area (Å²) in [6.45, 7) is 13.9. The number of carbonyl (C=O) groups is 1. The van der Waals surface area contributed by atoms with Crippen LogP contribution in [0.3, 0.4) is 0 Å². The molecular weight excluding hydrogens is 362 g/mol. The van der Waals surface area contributed by atoms with Crippen molar-refractivity contribution in [1.29, 1.82) is 0 Å². The summed E-state index contributed by atoms with van der Waals surface area (Å²) in [5, 5.41) is 2.91. The maximum atomic E-state index is 12.9. The van der Waals surface area contributed by atoms with Crippen LogP contribution in [-0.2, 0) is 20.2 Å². The maximum absolute atomic E-state index is 12.9. The number of piperazine rings is 1. The van der Waals surface area contributed by atoms with Crippen LogP contribution in [0.5, 0.6) is 0 Å². The van der Waals surface area contributed by atoms with Gasteiger partial charge in [0.15, 0.2) is 0 Å². The molecule has 0 bridgehead atoms. The molecule has 0 aromatic heterocycles. The molecule has 2 rings (SSSR count). The predicted octanol–water partition coefficient (Wildman–Crippen LogP) is 2.20. The molecule has 0 radical (unpaired) electrons. The molecular formula is C20H33N3O3S. The van der Waals surface area contributed by atoms with E-state index in [0.717, 1.165) is 5.56 Å². The first-order chi connectivity index (χ1) is 12.4. The lowest BCUT2D eigenvalue weighted by molar-refractivity contribution is -0.126. The van der Waals surface area contributed by atoms with Crippen molar-refractivity contribution >= 4 is 15.9 Å². The topological polar surface area (TPSA) is 69.7 Å². The smallest absolute Gasteiger partial charge is 0.243 e. The Morgan fingerprint density at radius 3 is 1.96 bits per heavy atom. The normalized spacial score (nSPS) is 18.5. The number of nitrogens with one attached hydrogen (secondary N) is 1. The van der Waals surface area contributed by atoms with Gasteiger partial charge in [-0.2, -0.15) is 4.31 Å². The number of hydrogen-bond acceptors (Lipinski definition) is 4. The lowest BCUT2D eigenvalue weighted by Gasteiger charge is -2.37. The van der Waals surface area contributed by atoms with Gasteiger partial charge in [-0.25, -0.2) is 8.42 Å². The van der Waals surface area contributed by atoms with Crippen LogP contribution in [0.25, 0.3) is 0 Å². The van der Waals surface area contributed by atoms with Crippen molar-refractivity contribution in [3.8, 4) is 0 Å². The Kier molecular flexibility index (Phi) is 6.71. The van der Waals surface area contributed by atoms with Crippen LogP contribution in [0.2, 0.25) is 0 Å². The third-order valence-electron chi connectivity index (χ3n) is 4.99. The van der Waals surface area contributed by atoms with E-state index in [9.17, 15) is 13.2 Å². The second kappa shape index (κ2) is 8.29. The van der Waals surface area contributed by atoms with Crippen LogP contribution in [0.4, 0.5) is 0 Å². The Balaban J connectivity index is 2.03. The van der Waals surface area contributed by atoms with Crippen molar-refractivity contribution in [3.63, 3.8) is 0 Å². The summed E-state index contributed by atoms with van der Waals surface area (Å²) in [6, 6.07) is 7.01. The Morgan fingerprint density at radius 2 is 1.52 bits per heavy atom. The van der Waals surface area contributed by atoms with Crippen LogP contribution in [0.15, 0.2) is 29.2 Å². The van der Waals surface area contributed by atoms with Gasteiger partial charge in [-0.3, -0.25) is 9.69 Å². The summed E-state index contributed by atoms with van der Waals surface area (Å²) < 4.78 is 27.4. The standard InChI is InChI=1S/C20H33N3O3S/c1-15(2)21-19(24)16(3)22-11-13-23(14-12-22)27(25,26)18-9-7-17(8-10-18)20(4,5)6/h7-10,15-16H,11-14H2,1-6H3,(H,21,24). The highest BCUT2D eigenvalue weighted by Crippen LogP contribution is 2.25. The molecule has 0 spiro atoms. The molecule has 1 saturated heterocycles. The number of amides is 1. The average molecular weight is 396 g/mol. The van der Waals surface area contributed by atoms with E-state index in [1.807, 2.05) is 37.8 Å². The Hall–Kier alpha value is -1.44. The number of rotatable bonds is 5. The van der Waals surface area contributed by atoms with Gasteiger partial charge in [0.25, 0.3) is 0 Å². The third kappa shape index (κ3) is 5.30. The summed E-state index contributed by atoms with van der Waals surface area (Å²) in [4.78, 5) is 14.5. The monoisotopic (exact) mass is 395 g/mol. The van der Waals surface area contributed by atoms with Gasteiger partial charge in [0.2, 0.25) is 15.9 Å². The first-order valence-electron chi connectivity index (χ1n) is 9.58. The number of sulfonamides is 1. The average Bonchev–Trinajstić information content (AvgIpc) is 2.60. The highest BCUT2D eigenvalue weighted by atomic mass is 32.2. The van der Waals surface area contributed by atoms with Gasteiger partial charge in [0.1, 0.15) is 0 Å². The predicted molar refractivity (Wildman–Crippen MR) is 108 cm³/mol. The van der Waals surface area contributed by atoms with E-state index < -0.39 is 10.0 Å². The van der Waals surface area contributed by atoms with E-state index in [1.165, 1.54) is 4.31 Å². The number of hydrogen-bond donors (Lipinski definition) is 1. The fourth-order valence-electron chi connectivity index (χ4n) is 3.18. The van der Waals surface area contributed by atoms with E-state index in [1.54, 1.807) is 12.1 Å². The maximum Gasteiger partial charge on any atom is 0.243 e. The lowest BCUT2D eigenvalue weighted by Crippen LogP contribution is -2.55. The van der Waals surface area contributed by atoms with Crippen molar-refractivity contribution in [1.82, 2.24) is 14.5 Å². The molecule has 0 aliphatic carbocycles. The molecule has 1 N–H and O–H groups in total. The van der Waals surface area contributed by atoms with E-state index in [2.05, 4.69) is 26.1 Å². The number of carbonyl (C=O) groups excluding carboxylic acids is 1. The molecule has 1 atom stereocenters. The molecule has 1 aromatic carbocycles. The highest BCUT2D eigenvalue weighted by molar-refractivity contribution is 7.89. The molecule has 1 heterocycles. The Labute approximate surface area is 164 Å². The summed E-state index contributed by atoms with van der Waals surface area (Å²) in [5.41, 5.74) is 1.09. The Bertz CT molecular complexity index is 744. The molecule has 1 unspecified atom stereocenters. The zero-order valence-corrected chi connectivity index (χ0v) is 18.1. The summed E-state index contributed by atoms with van der Waals surface area (Å²) in [7, 11) is -3.51. The van der Waals surface area contributed by atoms with Crippen LogP contribution < -0.4 is 5.32 Å². The molecule has 1 amide bonds. The fraction of sp³-hybridized carbons (Fsp3) is 0.650. The second-order valence-electron chi connectivity index (χ2n) is 8.55. The minimum Gasteiger partial charge on any atom is -0.353 e. The van der Waals surface area contributed by atoms with E-state index in [4.69, 9.17) is 0 Å².